The second-order valence-electron chi connectivity index (χ2n) is 3.95. The Balaban J connectivity index is 2.10. The first-order valence-electron chi connectivity index (χ1n) is 5.54. The summed E-state index contributed by atoms with van der Waals surface area (Å²) in [6, 6.07) is 7.68. The Morgan fingerprint density at radius 2 is 1.85 bits per heavy atom. The molecular formula is C13H10BrF2N3O. The highest BCUT2D eigenvalue weighted by Gasteiger charge is 2.11. The van der Waals surface area contributed by atoms with Gasteiger partial charge in [-0.1, -0.05) is 6.07 Å². The van der Waals surface area contributed by atoms with Gasteiger partial charge in [0.15, 0.2) is 0 Å². The van der Waals surface area contributed by atoms with Crippen molar-refractivity contribution >= 4 is 39.0 Å². The topological polar surface area (TPSA) is 67.1 Å². The molecular weight excluding hydrogens is 332 g/mol. The van der Waals surface area contributed by atoms with E-state index in [1.54, 1.807) is 24.3 Å². The molecule has 0 fully saturated rings. The molecule has 2 aromatic rings. The Morgan fingerprint density at radius 3 is 2.55 bits per heavy atom. The van der Waals surface area contributed by atoms with Crippen molar-refractivity contribution in [2.24, 2.45) is 0 Å². The first kappa shape index (κ1) is 14.3. The highest BCUT2D eigenvalue weighted by atomic mass is 79.9. The Hall–Kier alpha value is -2.15. The van der Waals surface area contributed by atoms with Crippen LogP contribution >= 0.6 is 15.9 Å². The van der Waals surface area contributed by atoms with E-state index in [-0.39, 0.29) is 10.2 Å². The van der Waals surface area contributed by atoms with Crippen molar-refractivity contribution in [3.63, 3.8) is 0 Å². The van der Waals surface area contributed by atoms with Crippen molar-refractivity contribution in [3.8, 4) is 0 Å². The summed E-state index contributed by atoms with van der Waals surface area (Å²) in [5.74, 6) is -1.61. The third-order valence-electron chi connectivity index (χ3n) is 2.40. The number of nitrogens with one attached hydrogen (secondary N) is 2. The van der Waals surface area contributed by atoms with Crippen LogP contribution in [0.5, 0.6) is 0 Å². The molecule has 0 radical (unpaired) electrons. The van der Waals surface area contributed by atoms with E-state index in [9.17, 15) is 13.6 Å². The number of rotatable bonds is 2. The van der Waals surface area contributed by atoms with Crippen LogP contribution in [0.1, 0.15) is 0 Å². The zero-order chi connectivity index (χ0) is 14.7. The summed E-state index contributed by atoms with van der Waals surface area (Å²) >= 11 is 2.92. The van der Waals surface area contributed by atoms with Crippen LogP contribution in [-0.4, -0.2) is 6.03 Å². The highest BCUT2D eigenvalue weighted by molar-refractivity contribution is 9.10. The molecule has 0 saturated heterocycles. The molecule has 0 heterocycles. The standard InChI is InChI=1S/C13H10BrF2N3O/c14-9-5-12(11(16)6-10(9)15)19-13(20)18-8-3-1-2-7(17)4-8/h1-6H,17H2,(H2,18,19,20). The molecule has 0 bridgehead atoms. The molecule has 0 atom stereocenters. The molecule has 0 spiro atoms. The molecule has 0 unspecified atom stereocenters. The number of urea groups is 1. The van der Waals surface area contributed by atoms with E-state index in [4.69, 9.17) is 5.73 Å². The molecule has 104 valence electrons. The number of nitrogens with two attached hydrogens (primary N) is 1. The van der Waals surface area contributed by atoms with Crippen molar-refractivity contribution < 1.29 is 13.6 Å². The third kappa shape index (κ3) is 3.45. The molecule has 0 aliphatic heterocycles. The Morgan fingerprint density at radius 1 is 1.10 bits per heavy atom. The average molecular weight is 342 g/mol. The van der Waals surface area contributed by atoms with E-state index in [1.165, 1.54) is 0 Å². The van der Waals surface area contributed by atoms with Gasteiger partial charge in [-0.2, -0.15) is 0 Å². The second-order valence-corrected chi connectivity index (χ2v) is 4.81. The maximum absolute atomic E-state index is 13.5. The summed E-state index contributed by atoms with van der Waals surface area (Å²) in [4.78, 5) is 11.7. The fraction of sp³-hybridized carbons (Fsp3) is 0. The van der Waals surface area contributed by atoms with Gasteiger partial charge < -0.3 is 16.4 Å². The van der Waals surface area contributed by atoms with Crippen molar-refractivity contribution in [2.75, 3.05) is 16.4 Å². The van der Waals surface area contributed by atoms with E-state index in [2.05, 4.69) is 26.6 Å². The summed E-state index contributed by atoms with van der Waals surface area (Å²) in [6.45, 7) is 0. The first-order chi connectivity index (χ1) is 9.45. The number of carbonyl (C=O) groups is 1. The van der Waals surface area contributed by atoms with Gasteiger partial charge in [-0.25, -0.2) is 13.6 Å². The van der Waals surface area contributed by atoms with Crippen molar-refractivity contribution in [2.45, 2.75) is 0 Å². The van der Waals surface area contributed by atoms with Gasteiger partial charge in [-0.3, -0.25) is 0 Å². The van der Waals surface area contributed by atoms with Crippen LogP contribution in [0.2, 0.25) is 0 Å². The number of nitrogen functional groups attached to an aromatic ring is 1. The number of amides is 2. The lowest BCUT2D eigenvalue weighted by atomic mass is 10.3. The summed E-state index contributed by atoms with van der Waals surface area (Å²) in [6.07, 6.45) is 0. The zero-order valence-electron chi connectivity index (χ0n) is 10.1. The van der Waals surface area contributed by atoms with Gasteiger partial charge in [0, 0.05) is 17.4 Å². The minimum absolute atomic E-state index is 0.0538. The van der Waals surface area contributed by atoms with Crippen LogP contribution in [0.3, 0.4) is 0 Å². The monoisotopic (exact) mass is 341 g/mol. The van der Waals surface area contributed by atoms with Gasteiger partial charge in [0.2, 0.25) is 0 Å². The Kier molecular flexibility index (Phi) is 4.19. The lowest BCUT2D eigenvalue weighted by molar-refractivity contribution is 0.262. The van der Waals surface area contributed by atoms with Crippen LogP contribution in [0, 0.1) is 11.6 Å². The van der Waals surface area contributed by atoms with Crippen LogP contribution in [0.4, 0.5) is 30.6 Å². The zero-order valence-corrected chi connectivity index (χ0v) is 11.7. The minimum Gasteiger partial charge on any atom is -0.399 e. The van der Waals surface area contributed by atoms with Crippen molar-refractivity contribution in [1.82, 2.24) is 0 Å². The van der Waals surface area contributed by atoms with Gasteiger partial charge in [0.1, 0.15) is 11.6 Å². The van der Waals surface area contributed by atoms with Gasteiger partial charge in [-0.05, 0) is 40.2 Å². The summed E-state index contributed by atoms with van der Waals surface area (Å²) < 4.78 is 26.6. The first-order valence-corrected chi connectivity index (χ1v) is 6.33. The molecule has 0 aromatic heterocycles. The summed E-state index contributed by atoms with van der Waals surface area (Å²) in [5.41, 5.74) is 6.38. The molecule has 2 rings (SSSR count). The molecule has 0 saturated carbocycles. The fourth-order valence-electron chi connectivity index (χ4n) is 1.52. The van der Waals surface area contributed by atoms with Crippen LogP contribution in [0.25, 0.3) is 0 Å². The average Bonchev–Trinajstić information content (AvgIpc) is 2.36. The van der Waals surface area contributed by atoms with Gasteiger partial charge in [-0.15, -0.1) is 0 Å². The Bertz CT molecular complexity index is 664. The largest absolute Gasteiger partial charge is 0.399 e. The third-order valence-corrected chi connectivity index (χ3v) is 3.01. The lowest BCUT2D eigenvalue weighted by Crippen LogP contribution is -2.20. The number of benzene rings is 2. The van der Waals surface area contributed by atoms with Gasteiger partial charge >= 0.3 is 6.03 Å². The molecule has 7 heteroatoms. The molecule has 4 N–H and O–H groups in total. The normalized spacial score (nSPS) is 10.2. The predicted molar refractivity (Wildman–Crippen MR) is 77.6 cm³/mol. The number of carbonyl (C=O) groups excluding carboxylic acids is 1. The van der Waals surface area contributed by atoms with E-state index in [1.807, 2.05) is 0 Å². The predicted octanol–water partition coefficient (Wildman–Crippen LogP) is 3.95. The van der Waals surface area contributed by atoms with Gasteiger partial charge in [0.25, 0.3) is 0 Å². The fourth-order valence-corrected chi connectivity index (χ4v) is 1.86. The highest BCUT2D eigenvalue weighted by Crippen LogP contribution is 2.24. The lowest BCUT2D eigenvalue weighted by Gasteiger charge is -2.09. The Labute approximate surface area is 122 Å². The van der Waals surface area contributed by atoms with E-state index in [0.717, 1.165) is 6.07 Å². The molecule has 2 amide bonds. The van der Waals surface area contributed by atoms with Crippen molar-refractivity contribution in [3.05, 3.63) is 52.5 Å². The molecule has 0 aliphatic rings. The second kappa shape index (κ2) is 5.87. The van der Waals surface area contributed by atoms with Gasteiger partial charge in [0.05, 0.1) is 10.2 Å². The minimum atomic E-state index is -0.867. The number of hydrogen-bond donors (Lipinski definition) is 3. The molecule has 4 nitrogen and oxygen atoms in total. The molecule has 0 aliphatic carbocycles. The summed E-state index contributed by atoms with van der Waals surface area (Å²) in [5, 5.41) is 4.77. The maximum Gasteiger partial charge on any atom is 0.323 e. The van der Waals surface area contributed by atoms with E-state index in [0.29, 0.717) is 17.4 Å². The number of halogens is 3. The smallest absolute Gasteiger partial charge is 0.323 e. The number of anilines is 3. The maximum atomic E-state index is 13.5. The van der Waals surface area contributed by atoms with E-state index >= 15 is 0 Å². The van der Waals surface area contributed by atoms with Crippen molar-refractivity contribution in [1.29, 1.82) is 0 Å². The molecule has 20 heavy (non-hydrogen) atoms. The van der Waals surface area contributed by atoms with Crippen LogP contribution < -0.4 is 16.4 Å². The molecule has 2 aromatic carbocycles. The summed E-state index contributed by atoms with van der Waals surface area (Å²) in [7, 11) is 0. The van der Waals surface area contributed by atoms with E-state index < -0.39 is 17.7 Å². The number of hydrogen-bond acceptors (Lipinski definition) is 2. The van der Waals surface area contributed by atoms with Crippen LogP contribution in [0.15, 0.2) is 40.9 Å². The van der Waals surface area contributed by atoms with Crippen LogP contribution in [-0.2, 0) is 0 Å². The SMILES string of the molecule is Nc1cccc(NC(=O)Nc2cc(Br)c(F)cc2F)c1. The quantitative estimate of drug-likeness (QED) is 0.571.